The van der Waals surface area contributed by atoms with E-state index in [-0.39, 0.29) is 17.4 Å². The van der Waals surface area contributed by atoms with Crippen molar-refractivity contribution in [1.82, 2.24) is 20.3 Å². The van der Waals surface area contributed by atoms with Crippen molar-refractivity contribution in [2.45, 2.75) is 6.92 Å². The molecule has 0 bridgehead atoms. The third-order valence-electron chi connectivity index (χ3n) is 2.84. The number of aromatic amines is 1. The maximum atomic E-state index is 13.1. The third kappa shape index (κ3) is 1.93. The van der Waals surface area contributed by atoms with Gasteiger partial charge >= 0.3 is 0 Å². The van der Waals surface area contributed by atoms with Gasteiger partial charge in [-0.3, -0.25) is 5.10 Å². The van der Waals surface area contributed by atoms with E-state index in [0.29, 0.717) is 22.5 Å². The highest BCUT2D eigenvalue weighted by atomic mass is 19.1. The van der Waals surface area contributed by atoms with Crippen LogP contribution in [0, 0.1) is 24.1 Å². The summed E-state index contributed by atoms with van der Waals surface area (Å²) in [6, 6.07) is 6.25. The van der Waals surface area contributed by atoms with E-state index in [2.05, 4.69) is 20.3 Å². The quantitative estimate of drug-likeness (QED) is 0.771. The van der Waals surface area contributed by atoms with Gasteiger partial charge in [0.2, 0.25) is 5.82 Å². The highest BCUT2D eigenvalue weighted by Gasteiger charge is 2.16. The van der Waals surface area contributed by atoms with Gasteiger partial charge in [-0.05, 0) is 30.7 Å². The Hall–Kier alpha value is -3.01. The summed E-state index contributed by atoms with van der Waals surface area (Å²) in [5, 5.41) is 19.1. The Morgan fingerprint density at radius 3 is 2.95 bits per heavy atom. The zero-order chi connectivity index (χ0) is 14.1. The molecule has 0 aliphatic carbocycles. The lowest BCUT2D eigenvalue weighted by Gasteiger charge is -1.99. The van der Waals surface area contributed by atoms with Crippen LogP contribution in [-0.2, 0) is 0 Å². The summed E-state index contributed by atoms with van der Waals surface area (Å²) < 4.78 is 18.2. The number of H-pyrrole nitrogens is 1. The van der Waals surface area contributed by atoms with Crippen LogP contribution in [0.25, 0.3) is 22.8 Å². The number of aryl methyl sites for hydroxylation is 1. The molecule has 0 aliphatic rings. The molecule has 3 rings (SSSR count). The molecule has 98 valence electrons. The monoisotopic (exact) mass is 269 g/mol. The van der Waals surface area contributed by atoms with Gasteiger partial charge in [0.15, 0.2) is 0 Å². The summed E-state index contributed by atoms with van der Waals surface area (Å²) in [6.45, 7) is 1.76. The second-order valence-corrected chi connectivity index (χ2v) is 4.15. The van der Waals surface area contributed by atoms with Crippen LogP contribution < -0.4 is 0 Å². The van der Waals surface area contributed by atoms with Crippen molar-refractivity contribution in [1.29, 1.82) is 5.26 Å². The number of hydrogen-bond donors (Lipinski definition) is 1. The van der Waals surface area contributed by atoms with Gasteiger partial charge in [-0.2, -0.15) is 15.3 Å². The topological polar surface area (TPSA) is 91.4 Å². The predicted octanol–water partition coefficient (Wildman–Crippen LogP) is 2.45. The van der Waals surface area contributed by atoms with E-state index in [0.717, 1.165) is 0 Å². The summed E-state index contributed by atoms with van der Waals surface area (Å²) >= 11 is 0. The molecule has 2 aromatic heterocycles. The molecule has 0 amide bonds. The lowest BCUT2D eigenvalue weighted by atomic mass is 10.1. The van der Waals surface area contributed by atoms with Crippen LogP contribution in [0.1, 0.15) is 11.3 Å². The van der Waals surface area contributed by atoms with Gasteiger partial charge < -0.3 is 4.52 Å². The van der Waals surface area contributed by atoms with E-state index < -0.39 is 0 Å². The molecule has 1 N–H and O–H groups in total. The highest BCUT2D eigenvalue weighted by Crippen LogP contribution is 2.25. The molecule has 0 aliphatic heterocycles. The zero-order valence-electron chi connectivity index (χ0n) is 10.4. The molecule has 0 saturated carbocycles. The Kier molecular flexibility index (Phi) is 2.76. The number of nitrogens with zero attached hydrogens (tertiary/aromatic N) is 4. The third-order valence-corrected chi connectivity index (χ3v) is 2.84. The van der Waals surface area contributed by atoms with Crippen LogP contribution in [-0.4, -0.2) is 20.3 Å². The van der Waals surface area contributed by atoms with Crippen LogP contribution >= 0.6 is 0 Å². The largest absolute Gasteiger partial charge is 0.333 e. The zero-order valence-corrected chi connectivity index (χ0v) is 10.4. The van der Waals surface area contributed by atoms with Gasteiger partial charge in [0.25, 0.3) is 5.89 Å². The van der Waals surface area contributed by atoms with Crippen molar-refractivity contribution in [2.24, 2.45) is 0 Å². The van der Waals surface area contributed by atoms with Crippen LogP contribution in [0.5, 0.6) is 0 Å². The molecule has 2 heterocycles. The fourth-order valence-corrected chi connectivity index (χ4v) is 1.85. The van der Waals surface area contributed by atoms with E-state index in [4.69, 9.17) is 9.78 Å². The Balaban J connectivity index is 2.05. The first kappa shape index (κ1) is 12.0. The number of nitriles is 1. The summed E-state index contributed by atoms with van der Waals surface area (Å²) in [7, 11) is 0. The van der Waals surface area contributed by atoms with Crippen molar-refractivity contribution in [2.75, 3.05) is 0 Å². The smallest absolute Gasteiger partial charge is 0.262 e. The summed E-state index contributed by atoms with van der Waals surface area (Å²) in [6.07, 6.45) is 1.44. The number of halogens is 1. The first-order chi connectivity index (χ1) is 9.69. The molecule has 3 aromatic rings. The molecule has 0 fully saturated rings. The molecule has 20 heavy (non-hydrogen) atoms. The number of aromatic nitrogens is 4. The van der Waals surface area contributed by atoms with Crippen LogP contribution in [0.2, 0.25) is 0 Å². The Bertz CT molecular complexity index is 814. The first-order valence-electron chi connectivity index (χ1n) is 5.73. The van der Waals surface area contributed by atoms with Gasteiger partial charge in [-0.15, -0.1) is 0 Å². The molecule has 6 nitrogen and oxygen atoms in total. The van der Waals surface area contributed by atoms with Gasteiger partial charge in [0.1, 0.15) is 17.6 Å². The molecule has 0 radical (unpaired) electrons. The molecule has 0 unspecified atom stereocenters. The van der Waals surface area contributed by atoms with Crippen molar-refractivity contribution < 1.29 is 8.91 Å². The van der Waals surface area contributed by atoms with Crippen molar-refractivity contribution >= 4 is 0 Å². The fraction of sp³-hybridized carbons (Fsp3) is 0.0769. The normalized spacial score (nSPS) is 10.4. The summed E-state index contributed by atoms with van der Waals surface area (Å²) in [4.78, 5) is 4.21. The van der Waals surface area contributed by atoms with Crippen LogP contribution in [0.4, 0.5) is 4.39 Å². The Morgan fingerprint density at radius 2 is 2.20 bits per heavy atom. The minimum absolute atomic E-state index is 0.189. The number of rotatable bonds is 2. The molecule has 0 saturated heterocycles. The molecule has 1 aromatic carbocycles. The molecular weight excluding hydrogens is 261 g/mol. The molecule has 0 spiro atoms. The van der Waals surface area contributed by atoms with E-state index >= 15 is 0 Å². The molecular formula is C13H8FN5O. The first-order valence-corrected chi connectivity index (χ1v) is 5.73. The summed E-state index contributed by atoms with van der Waals surface area (Å²) in [5.74, 6) is 0.202. The average molecular weight is 269 g/mol. The van der Waals surface area contributed by atoms with E-state index in [9.17, 15) is 4.39 Å². The lowest BCUT2D eigenvalue weighted by Crippen LogP contribution is -1.87. The number of nitrogens with one attached hydrogen (secondary N) is 1. The summed E-state index contributed by atoms with van der Waals surface area (Å²) in [5.41, 5.74) is 2.05. The van der Waals surface area contributed by atoms with E-state index in [1.54, 1.807) is 13.0 Å². The average Bonchev–Trinajstić information content (AvgIpc) is 3.06. The second kappa shape index (κ2) is 4.59. The van der Waals surface area contributed by atoms with Crippen LogP contribution in [0.15, 0.2) is 28.9 Å². The molecule has 0 atom stereocenters. The Labute approximate surface area is 112 Å². The lowest BCUT2D eigenvalue weighted by molar-refractivity contribution is 0.432. The number of benzene rings is 1. The number of hydrogen-bond acceptors (Lipinski definition) is 5. The van der Waals surface area contributed by atoms with E-state index in [1.165, 1.54) is 18.3 Å². The van der Waals surface area contributed by atoms with Gasteiger partial charge in [-0.25, -0.2) is 4.39 Å². The van der Waals surface area contributed by atoms with Crippen molar-refractivity contribution in [3.8, 4) is 28.9 Å². The van der Waals surface area contributed by atoms with Gasteiger partial charge in [0.05, 0.1) is 11.8 Å². The van der Waals surface area contributed by atoms with Crippen molar-refractivity contribution in [3.05, 3.63) is 41.5 Å². The van der Waals surface area contributed by atoms with Crippen molar-refractivity contribution in [3.63, 3.8) is 0 Å². The van der Waals surface area contributed by atoms with Crippen LogP contribution in [0.3, 0.4) is 0 Å². The standard InChI is InChI=1S/C13H8FN5O/c1-7-4-8(14)2-3-9(7)12-17-13(20-19-12)10-6-16-18-11(10)5-15/h2-4,6H,1H3,(H,16,18). The predicted molar refractivity (Wildman–Crippen MR) is 66.7 cm³/mol. The minimum Gasteiger partial charge on any atom is -0.333 e. The fourth-order valence-electron chi connectivity index (χ4n) is 1.85. The van der Waals surface area contributed by atoms with E-state index in [1.807, 2.05) is 6.07 Å². The maximum Gasteiger partial charge on any atom is 0.262 e. The van der Waals surface area contributed by atoms with Gasteiger partial charge in [-0.1, -0.05) is 5.16 Å². The Morgan fingerprint density at radius 1 is 1.35 bits per heavy atom. The maximum absolute atomic E-state index is 13.1. The second-order valence-electron chi connectivity index (χ2n) is 4.15. The SMILES string of the molecule is Cc1cc(F)ccc1-c1noc(-c2cn[nH]c2C#N)n1. The highest BCUT2D eigenvalue weighted by molar-refractivity contribution is 5.64. The van der Waals surface area contributed by atoms with Gasteiger partial charge in [0, 0.05) is 5.56 Å². The minimum atomic E-state index is -0.323. The molecule has 7 heteroatoms.